The summed E-state index contributed by atoms with van der Waals surface area (Å²) in [7, 11) is 0. The Hall–Kier alpha value is -0.780. The molecule has 0 aromatic rings. The van der Waals surface area contributed by atoms with Crippen LogP contribution in [0.4, 0.5) is 0 Å². The van der Waals surface area contributed by atoms with Gasteiger partial charge in [0, 0.05) is 0 Å². The van der Waals surface area contributed by atoms with Gasteiger partial charge in [-0.2, -0.15) is 0 Å². The molecule has 12 heavy (non-hydrogen) atoms. The van der Waals surface area contributed by atoms with Gasteiger partial charge in [0.25, 0.3) is 0 Å². The Morgan fingerprint density at radius 3 is 1.67 bits per heavy atom. The summed E-state index contributed by atoms with van der Waals surface area (Å²) in [6, 6.07) is 0. The van der Waals surface area contributed by atoms with Crippen molar-refractivity contribution in [3.8, 4) is 0 Å². The molecular formula is C12H22. The monoisotopic (exact) mass is 166 g/mol. The van der Waals surface area contributed by atoms with Crippen LogP contribution in [-0.4, -0.2) is 0 Å². The molecule has 0 aliphatic rings. The standard InChI is InChI=1S/C10H16.C2H6/c1-5-8-10(7-3)9(4)6-2;1-2/h5-8H,1-4H3;1-2H3/b8-5-,9-6+,10-7+;. The molecule has 0 aromatic carbocycles. The summed E-state index contributed by atoms with van der Waals surface area (Å²) in [6.45, 7) is 12.3. The Bertz CT molecular complexity index is 168. The highest BCUT2D eigenvalue weighted by molar-refractivity contribution is 5.37. The number of allylic oxidation sites excluding steroid dienone is 6. The predicted octanol–water partition coefficient (Wildman–Crippen LogP) is 4.50. The lowest BCUT2D eigenvalue weighted by Crippen LogP contribution is -1.78. The fourth-order valence-corrected chi connectivity index (χ4v) is 0.802. The van der Waals surface area contributed by atoms with Crippen molar-refractivity contribution in [3.63, 3.8) is 0 Å². The zero-order chi connectivity index (χ0) is 9.98. The van der Waals surface area contributed by atoms with Crippen molar-refractivity contribution in [2.75, 3.05) is 0 Å². The van der Waals surface area contributed by atoms with E-state index in [0.717, 1.165) is 0 Å². The Labute approximate surface area is 77.7 Å². The first-order valence-corrected chi connectivity index (χ1v) is 4.68. The van der Waals surface area contributed by atoms with Gasteiger partial charge in [-0.05, 0) is 38.8 Å². The van der Waals surface area contributed by atoms with E-state index in [2.05, 4.69) is 45.1 Å². The van der Waals surface area contributed by atoms with E-state index in [4.69, 9.17) is 0 Å². The quantitative estimate of drug-likeness (QED) is 0.530. The molecule has 0 rings (SSSR count). The lowest BCUT2D eigenvalue weighted by molar-refractivity contribution is 1.37. The molecule has 0 aromatic heterocycles. The molecule has 0 fully saturated rings. The second kappa shape index (κ2) is 10.2. The summed E-state index contributed by atoms with van der Waals surface area (Å²) in [5.74, 6) is 0. The molecule has 0 atom stereocenters. The largest absolute Gasteiger partial charge is 0.0871 e. The summed E-state index contributed by atoms with van der Waals surface area (Å²) in [5.41, 5.74) is 2.64. The topological polar surface area (TPSA) is 0 Å². The van der Waals surface area contributed by atoms with Crippen molar-refractivity contribution in [1.82, 2.24) is 0 Å². The van der Waals surface area contributed by atoms with Gasteiger partial charge in [0.15, 0.2) is 0 Å². The SMILES string of the molecule is CC.C\C=C/C(=C\C)C(/C)=C/C. The minimum Gasteiger partial charge on any atom is -0.0871 e. The van der Waals surface area contributed by atoms with Gasteiger partial charge in [-0.3, -0.25) is 0 Å². The van der Waals surface area contributed by atoms with E-state index in [-0.39, 0.29) is 0 Å². The molecule has 0 radical (unpaired) electrons. The number of hydrogen-bond donors (Lipinski definition) is 0. The van der Waals surface area contributed by atoms with Crippen LogP contribution in [0.25, 0.3) is 0 Å². The molecule has 0 saturated carbocycles. The summed E-state index contributed by atoms with van der Waals surface area (Å²) >= 11 is 0. The van der Waals surface area contributed by atoms with Crippen molar-refractivity contribution in [2.45, 2.75) is 41.5 Å². The van der Waals surface area contributed by atoms with Crippen LogP contribution < -0.4 is 0 Å². The molecule has 0 bridgehead atoms. The van der Waals surface area contributed by atoms with Gasteiger partial charge < -0.3 is 0 Å². The van der Waals surface area contributed by atoms with Crippen LogP contribution in [-0.2, 0) is 0 Å². The third-order valence-corrected chi connectivity index (χ3v) is 1.55. The molecule has 0 heterocycles. The first-order chi connectivity index (χ1) is 5.76. The Morgan fingerprint density at radius 2 is 1.42 bits per heavy atom. The highest BCUT2D eigenvalue weighted by atomic mass is 13.9. The molecule has 0 N–H and O–H groups in total. The smallest absolute Gasteiger partial charge is 0.0277 e. The molecule has 0 amide bonds. The second-order valence-electron chi connectivity index (χ2n) is 2.22. The molecule has 0 nitrogen and oxygen atoms in total. The van der Waals surface area contributed by atoms with Crippen LogP contribution in [0.15, 0.2) is 35.5 Å². The van der Waals surface area contributed by atoms with Gasteiger partial charge in [-0.15, -0.1) is 0 Å². The molecule has 0 unspecified atom stereocenters. The first-order valence-electron chi connectivity index (χ1n) is 4.68. The summed E-state index contributed by atoms with van der Waals surface area (Å²) in [5, 5.41) is 0. The average molecular weight is 166 g/mol. The Balaban J connectivity index is 0. The third kappa shape index (κ3) is 5.96. The van der Waals surface area contributed by atoms with Crippen LogP contribution >= 0.6 is 0 Å². The van der Waals surface area contributed by atoms with E-state index in [1.54, 1.807) is 0 Å². The zero-order valence-corrected chi connectivity index (χ0v) is 9.31. The van der Waals surface area contributed by atoms with Crippen LogP contribution in [0.1, 0.15) is 41.5 Å². The number of rotatable bonds is 2. The molecule has 0 saturated heterocycles. The summed E-state index contributed by atoms with van der Waals surface area (Å²) in [4.78, 5) is 0. The average Bonchev–Trinajstić information content (AvgIpc) is 2.16. The maximum atomic E-state index is 2.12. The van der Waals surface area contributed by atoms with Gasteiger partial charge in [0.2, 0.25) is 0 Å². The van der Waals surface area contributed by atoms with Crippen LogP contribution in [0.3, 0.4) is 0 Å². The number of hydrogen-bond acceptors (Lipinski definition) is 0. The summed E-state index contributed by atoms with van der Waals surface area (Å²) in [6.07, 6.45) is 8.42. The van der Waals surface area contributed by atoms with Gasteiger partial charge in [-0.1, -0.05) is 38.2 Å². The van der Waals surface area contributed by atoms with E-state index in [1.807, 2.05) is 20.8 Å². The van der Waals surface area contributed by atoms with Crippen molar-refractivity contribution >= 4 is 0 Å². The third-order valence-electron chi connectivity index (χ3n) is 1.55. The van der Waals surface area contributed by atoms with E-state index >= 15 is 0 Å². The molecule has 0 aliphatic heterocycles. The normalized spacial score (nSPS) is 12.8. The highest BCUT2D eigenvalue weighted by Gasteiger charge is 1.89. The van der Waals surface area contributed by atoms with Crippen LogP contribution in [0, 0.1) is 0 Å². The fraction of sp³-hybridized carbons (Fsp3) is 0.500. The summed E-state index contributed by atoms with van der Waals surface area (Å²) < 4.78 is 0. The second-order valence-corrected chi connectivity index (χ2v) is 2.22. The van der Waals surface area contributed by atoms with Gasteiger partial charge in [-0.25, -0.2) is 0 Å². The minimum absolute atomic E-state index is 1.31. The lowest BCUT2D eigenvalue weighted by Gasteiger charge is -1.98. The van der Waals surface area contributed by atoms with Crippen molar-refractivity contribution < 1.29 is 0 Å². The van der Waals surface area contributed by atoms with E-state index in [0.29, 0.717) is 0 Å². The minimum atomic E-state index is 1.31. The van der Waals surface area contributed by atoms with E-state index < -0.39 is 0 Å². The Kier molecular flexibility index (Phi) is 11.7. The van der Waals surface area contributed by atoms with Crippen LogP contribution in [0.2, 0.25) is 0 Å². The highest BCUT2D eigenvalue weighted by Crippen LogP contribution is 2.09. The van der Waals surface area contributed by atoms with Crippen molar-refractivity contribution in [3.05, 3.63) is 35.5 Å². The van der Waals surface area contributed by atoms with Crippen molar-refractivity contribution in [2.24, 2.45) is 0 Å². The molecule has 0 heteroatoms. The van der Waals surface area contributed by atoms with Gasteiger partial charge >= 0.3 is 0 Å². The van der Waals surface area contributed by atoms with Gasteiger partial charge in [0.05, 0.1) is 0 Å². The molecule has 70 valence electrons. The predicted molar refractivity (Wildman–Crippen MR) is 59.4 cm³/mol. The maximum Gasteiger partial charge on any atom is -0.0277 e. The van der Waals surface area contributed by atoms with Crippen molar-refractivity contribution in [1.29, 1.82) is 0 Å². The first kappa shape index (κ1) is 13.8. The zero-order valence-electron chi connectivity index (χ0n) is 9.31. The fourth-order valence-electron chi connectivity index (χ4n) is 0.802. The van der Waals surface area contributed by atoms with Crippen LogP contribution in [0.5, 0.6) is 0 Å². The maximum absolute atomic E-state index is 2.12. The lowest BCUT2D eigenvalue weighted by atomic mass is 10.1. The molecule has 0 aliphatic carbocycles. The van der Waals surface area contributed by atoms with E-state index in [9.17, 15) is 0 Å². The van der Waals surface area contributed by atoms with E-state index in [1.165, 1.54) is 11.1 Å². The Morgan fingerprint density at radius 1 is 0.917 bits per heavy atom. The molecule has 0 spiro atoms. The van der Waals surface area contributed by atoms with Gasteiger partial charge in [0.1, 0.15) is 0 Å². The molecular weight excluding hydrogens is 144 g/mol.